The first-order chi connectivity index (χ1) is 7.55. The summed E-state index contributed by atoms with van der Waals surface area (Å²) in [4.78, 5) is 4.74. The van der Waals surface area contributed by atoms with Crippen LogP contribution in [0, 0.1) is 5.92 Å². The van der Waals surface area contributed by atoms with Crippen LogP contribution >= 0.6 is 0 Å². The number of piperazine rings is 1. The number of nitrogens with two attached hydrogens (primary N) is 1. The van der Waals surface area contributed by atoms with Crippen LogP contribution in [0.15, 0.2) is 0 Å². The lowest BCUT2D eigenvalue weighted by Gasteiger charge is -2.41. The van der Waals surface area contributed by atoms with Crippen molar-refractivity contribution in [1.29, 1.82) is 0 Å². The van der Waals surface area contributed by atoms with E-state index in [1.807, 2.05) is 0 Å². The van der Waals surface area contributed by atoms with Crippen molar-refractivity contribution in [3.8, 4) is 0 Å². The van der Waals surface area contributed by atoms with Crippen LogP contribution < -0.4 is 5.73 Å². The van der Waals surface area contributed by atoms with Crippen molar-refractivity contribution in [2.45, 2.75) is 31.4 Å². The minimum atomic E-state index is -0.629. The summed E-state index contributed by atoms with van der Waals surface area (Å²) in [5, 5.41) is 10.5. The van der Waals surface area contributed by atoms with Gasteiger partial charge in [0.2, 0.25) is 0 Å². The van der Waals surface area contributed by atoms with Crippen LogP contribution in [0.4, 0.5) is 0 Å². The van der Waals surface area contributed by atoms with Crippen molar-refractivity contribution in [2.24, 2.45) is 11.7 Å². The van der Waals surface area contributed by atoms with Gasteiger partial charge < -0.3 is 15.7 Å². The molecule has 1 heterocycles. The first-order valence-electron chi connectivity index (χ1n) is 6.40. The molecule has 4 heteroatoms. The van der Waals surface area contributed by atoms with Gasteiger partial charge in [-0.15, -0.1) is 0 Å². The normalized spacial score (nSPS) is 32.6. The van der Waals surface area contributed by atoms with Gasteiger partial charge in [0, 0.05) is 38.8 Å². The van der Waals surface area contributed by atoms with Crippen LogP contribution in [-0.4, -0.2) is 66.3 Å². The van der Waals surface area contributed by atoms with Crippen LogP contribution in [0.5, 0.6) is 0 Å². The Hall–Kier alpha value is -0.160. The van der Waals surface area contributed by atoms with Gasteiger partial charge in [0.25, 0.3) is 0 Å². The predicted octanol–water partition coefficient (Wildman–Crippen LogP) is -0.278. The van der Waals surface area contributed by atoms with Gasteiger partial charge in [0.05, 0.1) is 5.60 Å². The molecule has 2 fully saturated rings. The maximum absolute atomic E-state index is 10.5. The molecule has 1 saturated heterocycles. The number of hydrogen-bond acceptors (Lipinski definition) is 4. The molecule has 1 aliphatic heterocycles. The Balaban J connectivity index is 1.88. The summed E-state index contributed by atoms with van der Waals surface area (Å²) in [6.07, 6.45) is 2.30. The quantitative estimate of drug-likeness (QED) is 0.694. The predicted molar refractivity (Wildman–Crippen MR) is 65.3 cm³/mol. The lowest BCUT2D eigenvalue weighted by Crippen LogP contribution is -2.57. The van der Waals surface area contributed by atoms with Crippen molar-refractivity contribution in [3.63, 3.8) is 0 Å². The van der Waals surface area contributed by atoms with Gasteiger partial charge in [0.15, 0.2) is 0 Å². The highest BCUT2D eigenvalue weighted by Gasteiger charge is 2.44. The van der Waals surface area contributed by atoms with Gasteiger partial charge in [-0.25, -0.2) is 0 Å². The highest BCUT2D eigenvalue weighted by molar-refractivity contribution is 4.98. The van der Waals surface area contributed by atoms with Crippen LogP contribution in [0.2, 0.25) is 0 Å². The maximum Gasteiger partial charge on any atom is 0.0923 e. The van der Waals surface area contributed by atoms with E-state index in [0.29, 0.717) is 18.5 Å². The lowest BCUT2D eigenvalue weighted by atomic mass is 9.96. The molecule has 0 amide bonds. The Morgan fingerprint density at radius 1 is 1.38 bits per heavy atom. The van der Waals surface area contributed by atoms with Crippen molar-refractivity contribution >= 4 is 0 Å². The van der Waals surface area contributed by atoms with E-state index < -0.39 is 5.60 Å². The Kier molecular flexibility index (Phi) is 3.54. The minimum absolute atomic E-state index is 0.401. The molecule has 0 radical (unpaired) electrons. The molecule has 0 aromatic rings. The van der Waals surface area contributed by atoms with E-state index in [1.54, 1.807) is 0 Å². The molecule has 2 aliphatic rings. The molecule has 0 aromatic heterocycles. The van der Waals surface area contributed by atoms with E-state index >= 15 is 0 Å². The molecule has 3 N–H and O–H groups in total. The average Bonchev–Trinajstić information content (AvgIpc) is 3.07. The first kappa shape index (κ1) is 12.3. The third-order valence-electron chi connectivity index (χ3n) is 4.23. The number of hydrogen-bond donors (Lipinski definition) is 2. The molecular weight excluding hydrogens is 202 g/mol. The van der Waals surface area contributed by atoms with Gasteiger partial charge in [-0.2, -0.15) is 0 Å². The van der Waals surface area contributed by atoms with Crippen LogP contribution in [0.25, 0.3) is 0 Å². The second-order valence-corrected chi connectivity index (χ2v) is 5.65. The molecule has 4 nitrogen and oxygen atoms in total. The van der Waals surface area contributed by atoms with E-state index in [1.165, 1.54) is 0 Å². The van der Waals surface area contributed by atoms with Gasteiger partial charge >= 0.3 is 0 Å². The summed E-state index contributed by atoms with van der Waals surface area (Å²) in [7, 11) is 2.16. The fourth-order valence-electron chi connectivity index (χ4n) is 2.64. The fraction of sp³-hybridized carbons (Fsp3) is 1.00. The van der Waals surface area contributed by atoms with Crippen molar-refractivity contribution in [3.05, 3.63) is 0 Å². The van der Waals surface area contributed by atoms with Gasteiger partial charge in [-0.1, -0.05) is 0 Å². The summed E-state index contributed by atoms with van der Waals surface area (Å²) in [5.41, 5.74) is 5.11. The zero-order chi connectivity index (χ0) is 11.8. The highest BCUT2D eigenvalue weighted by atomic mass is 16.3. The van der Waals surface area contributed by atoms with Crippen molar-refractivity contribution < 1.29 is 5.11 Å². The average molecular weight is 227 g/mol. The Bertz CT molecular complexity index is 244. The van der Waals surface area contributed by atoms with E-state index in [9.17, 15) is 5.11 Å². The molecule has 1 aliphatic carbocycles. The molecule has 0 bridgehead atoms. The number of likely N-dealkylation sites (N-methyl/N-ethyl adjacent to an activating group) is 1. The highest BCUT2D eigenvalue weighted by Crippen LogP contribution is 2.39. The van der Waals surface area contributed by atoms with Gasteiger partial charge in [-0.05, 0) is 32.7 Å². The molecular formula is C12H25N3O. The first-order valence-corrected chi connectivity index (χ1v) is 6.40. The zero-order valence-electron chi connectivity index (χ0n) is 10.5. The van der Waals surface area contributed by atoms with E-state index in [2.05, 4.69) is 23.8 Å². The molecule has 16 heavy (non-hydrogen) atoms. The van der Waals surface area contributed by atoms with Crippen LogP contribution in [0.1, 0.15) is 19.8 Å². The topological polar surface area (TPSA) is 52.7 Å². The number of nitrogens with zero attached hydrogens (tertiary/aromatic N) is 2. The maximum atomic E-state index is 10.5. The molecule has 2 atom stereocenters. The zero-order valence-corrected chi connectivity index (χ0v) is 10.5. The molecule has 0 spiro atoms. The van der Waals surface area contributed by atoms with Gasteiger partial charge in [-0.3, -0.25) is 4.90 Å². The largest absolute Gasteiger partial charge is 0.387 e. The molecule has 2 unspecified atom stereocenters. The van der Waals surface area contributed by atoms with E-state index in [-0.39, 0.29) is 0 Å². The van der Waals surface area contributed by atoms with Crippen molar-refractivity contribution in [1.82, 2.24) is 9.80 Å². The molecule has 1 saturated carbocycles. The molecule has 94 valence electrons. The second-order valence-electron chi connectivity index (χ2n) is 5.65. The summed E-state index contributed by atoms with van der Waals surface area (Å²) in [6, 6.07) is 0.579. The SMILES string of the molecule is CC1CN(CC(O)(CN)C2CC2)CCN1C. The number of rotatable bonds is 4. The number of aliphatic hydroxyl groups is 1. The third-order valence-corrected chi connectivity index (χ3v) is 4.23. The summed E-state index contributed by atoms with van der Waals surface area (Å²) >= 11 is 0. The third kappa shape index (κ3) is 2.56. The lowest BCUT2D eigenvalue weighted by molar-refractivity contribution is -0.0252. The van der Waals surface area contributed by atoms with Crippen LogP contribution in [-0.2, 0) is 0 Å². The molecule has 0 aromatic carbocycles. The molecule has 2 rings (SSSR count). The Morgan fingerprint density at radius 3 is 2.56 bits per heavy atom. The minimum Gasteiger partial charge on any atom is -0.387 e. The smallest absolute Gasteiger partial charge is 0.0923 e. The van der Waals surface area contributed by atoms with Crippen LogP contribution in [0.3, 0.4) is 0 Å². The van der Waals surface area contributed by atoms with Gasteiger partial charge in [0.1, 0.15) is 0 Å². The summed E-state index contributed by atoms with van der Waals surface area (Å²) in [6.45, 7) is 6.59. The Labute approximate surface area is 98.4 Å². The van der Waals surface area contributed by atoms with E-state index in [0.717, 1.165) is 39.0 Å². The summed E-state index contributed by atoms with van der Waals surface area (Å²) in [5.74, 6) is 0.451. The monoisotopic (exact) mass is 227 g/mol. The standard InChI is InChI=1S/C12H25N3O/c1-10-7-15(6-5-14(10)2)9-12(16,8-13)11-3-4-11/h10-11,16H,3-9,13H2,1-2H3. The fourth-order valence-corrected chi connectivity index (χ4v) is 2.64. The Morgan fingerprint density at radius 2 is 2.06 bits per heavy atom. The second kappa shape index (κ2) is 4.61. The van der Waals surface area contributed by atoms with E-state index in [4.69, 9.17) is 5.73 Å². The van der Waals surface area contributed by atoms with Crippen molar-refractivity contribution in [2.75, 3.05) is 39.8 Å². The summed E-state index contributed by atoms with van der Waals surface area (Å²) < 4.78 is 0. The number of β-amino-alcohol motifs (C(OH)–C–C–N with tert-alkyl or cyclic N) is 1.